The molecule has 6 aliphatic heterocycles. The van der Waals surface area contributed by atoms with Gasteiger partial charge in [0, 0.05) is 62.8 Å². The largest absolute Gasteiger partial charge is 0.479 e. The zero-order valence-electron chi connectivity index (χ0n) is 46.4. The van der Waals surface area contributed by atoms with E-state index in [0.29, 0.717) is 0 Å². The predicted molar refractivity (Wildman–Crippen MR) is 265 cm³/mol. The Balaban J connectivity index is 1.34. The fraction of sp³-hybridized carbons (Fsp3) is 0.952. The van der Waals surface area contributed by atoms with E-state index in [-0.39, 0.29) is 43.4 Å². The number of hydrogen-bond acceptors (Lipinski definition) is 39. The van der Waals surface area contributed by atoms with E-state index >= 15 is 0 Å². The zero-order chi connectivity index (χ0) is 62.4. The van der Waals surface area contributed by atoms with E-state index in [1.807, 2.05) is 0 Å². The third-order valence-corrected chi connectivity index (χ3v) is 16.7. The van der Waals surface area contributed by atoms with Gasteiger partial charge in [-0.05, 0) is 12.8 Å². The maximum absolute atomic E-state index is 13.8. The van der Waals surface area contributed by atoms with Gasteiger partial charge in [0.15, 0.2) is 79.9 Å². The molecule has 0 radical (unpaired) electrons. The van der Waals surface area contributed by atoms with Crippen LogP contribution in [0.5, 0.6) is 0 Å². The van der Waals surface area contributed by atoms with E-state index in [4.69, 9.17) is 113 Å². The van der Waals surface area contributed by atoms with Gasteiger partial charge in [-0.1, -0.05) is 22.0 Å². The van der Waals surface area contributed by atoms with E-state index in [1.165, 1.54) is 56.7 Å². The number of aliphatic hydroxyl groups excluding tert-OH is 2. The van der Waals surface area contributed by atoms with Gasteiger partial charge >= 0.3 is 22.3 Å². The van der Waals surface area contributed by atoms with Crippen LogP contribution in [0.25, 0.3) is 0 Å². The number of aliphatic hydroxyl groups is 2. The molecule has 39 nitrogen and oxygen atoms in total. The Bertz CT molecular complexity index is 2140. The number of methoxy groups -OCH3 is 8. The smallest absolute Gasteiger partial charge is 0.397 e. The molecule has 8 N–H and O–H groups in total. The van der Waals surface area contributed by atoms with Crippen molar-refractivity contribution in [3.05, 3.63) is 0 Å². The van der Waals surface area contributed by atoms with E-state index in [9.17, 15) is 43.0 Å². The van der Waals surface area contributed by atoms with E-state index in [2.05, 4.69) is 28.1 Å². The molecule has 0 aromatic heterocycles. The Morgan fingerprint density at radius 2 is 1.05 bits per heavy atom. The van der Waals surface area contributed by atoms with Gasteiger partial charge in [-0.15, -0.1) is 13.0 Å². The maximum Gasteiger partial charge on any atom is 0.397 e. The van der Waals surface area contributed by atoms with Crippen LogP contribution in [0.4, 0.5) is 0 Å². The second kappa shape index (κ2) is 33.8. The third kappa shape index (κ3) is 16.1. The van der Waals surface area contributed by atoms with Gasteiger partial charge in [0.05, 0.1) is 38.6 Å². The van der Waals surface area contributed by atoms with Crippen molar-refractivity contribution >= 4 is 59.3 Å². The molecule has 25 atom stereocenters. The standard InChI is InChI=1S/C42H70O39S4/c1-10-41(39(45)46)33(65-17-11-16(14-64-85(52,53)54)20(55-2)24(57-4)21(17)56-3)27(59-6)29(61-8)37(71-41)69-23-19(13-44)67-36(32(75-84-81-78-51)26(23)73-82-79-76-49)70-34-28(60-7)30-38(72-42(34,15-63-30)40(47)48)68-22-18(12-43)66-35(62-9)31(25(22)58-5)74-83-80-77-50/h16-38,43-44,49-51H,10-15H2,1-9H3,(H,45,46)(H,47,48)(H,52,53,54)/t16?,17-,18?,19?,20+,21?,22+,23+,24+,25+,26+,27-,28?,29?,30-,31?,32?,33-,34-,35-,36+,37-,38+,41?,42?/m1/s1. The second-order valence-corrected chi connectivity index (χ2v) is 21.4. The number of carboxylic acid groups (broad SMARTS) is 2. The SMILES string of the molecule is CCC1(C(=O)O)O[C@@H](O[C@H]2C(CO)O[C@@H](O[C@@H]3C(OC)[C@H]4OCC3(C(=O)O)O[C@@H]4O[C@H]3C(CO)O[C@@H](OC)C(OSOOO)[C@H]3OC)C(OSOOO)[C@H]2OSOOO)C(OC)[C@@H](OC)[C@H]1O[C@@H]1CC(COS(=O)(=O)O)[C@H](OC)[C@H](OC)C1OC. The molecule has 0 aromatic rings. The average Bonchev–Trinajstić information content (AvgIpc) is 1.15. The highest BCUT2D eigenvalue weighted by atomic mass is 32.3. The summed E-state index contributed by atoms with van der Waals surface area (Å²) in [6, 6.07) is 0. The number of ether oxygens (including phenoxy) is 17. The lowest BCUT2D eigenvalue weighted by Crippen LogP contribution is -2.77. The molecule has 85 heavy (non-hydrogen) atoms. The van der Waals surface area contributed by atoms with Crippen LogP contribution < -0.4 is 0 Å². The summed E-state index contributed by atoms with van der Waals surface area (Å²) in [5.41, 5.74) is -5.11. The van der Waals surface area contributed by atoms with Crippen LogP contribution in [0, 0.1) is 5.92 Å². The van der Waals surface area contributed by atoms with Crippen molar-refractivity contribution in [2.45, 2.75) is 166 Å². The molecule has 7 fully saturated rings. The van der Waals surface area contributed by atoms with Crippen molar-refractivity contribution in [2.75, 3.05) is 83.3 Å². The van der Waals surface area contributed by atoms with Crippen molar-refractivity contribution in [1.29, 1.82) is 0 Å². The Morgan fingerprint density at radius 3 is 1.53 bits per heavy atom. The molecule has 7 rings (SSSR count). The average molecular weight is 1330 g/mol. The summed E-state index contributed by atoms with van der Waals surface area (Å²) in [7, 11) is 4.98. The molecule has 496 valence electrons. The molecule has 2 bridgehead atoms. The number of aliphatic carboxylic acids is 2. The second-order valence-electron chi connectivity index (χ2n) is 19.0. The van der Waals surface area contributed by atoms with Crippen molar-refractivity contribution in [2.24, 2.45) is 5.92 Å². The lowest BCUT2D eigenvalue weighted by Gasteiger charge is -2.57. The summed E-state index contributed by atoms with van der Waals surface area (Å²) in [5, 5.41) is 81.9. The number of fused-ring (bicyclic) bond motifs is 3. The summed E-state index contributed by atoms with van der Waals surface area (Å²) in [5.74, 6) is -4.28. The van der Waals surface area contributed by atoms with Gasteiger partial charge in [0.1, 0.15) is 85.5 Å². The third-order valence-electron chi connectivity index (χ3n) is 15.0. The Labute approximate surface area is 497 Å². The van der Waals surface area contributed by atoms with Gasteiger partial charge in [-0.25, -0.2) is 29.5 Å². The summed E-state index contributed by atoms with van der Waals surface area (Å²) in [6.45, 7) is -1.76. The zero-order valence-corrected chi connectivity index (χ0v) is 49.7. The molecule has 0 amide bonds. The van der Waals surface area contributed by atoms with Gasteiger partial charge < -0.3 is 101 Å². The first-order valence-electron chi connectivity index (χ1n) is 25.1. The lowest BCUT2D eigenvalue weighted by atomic mass is 9.79. The quantitative estimate of drug-likeness (QED) is 0.0113. The molecule has 1 aliphatic carbocycles. The summed E-state index contributed by atoms with van der Waals surface area (Å²) >= 11 is -0.0375. The molecule has 10 unspecified atom stereocenters. The van der Waals surface area contributed by atoms with Crippen LogP contribution in [-0.4, -0.2) is 291 Å². The van der Waals surface area contributed by atoms with Crippen molar-refractivity contribution in [3.8, 4) is 0 Å². The lowest BCUT2D eigenvalue weighted by molar-refractivity contribution is -0.439. The number of carboxylic acids is 2. The normalized spacial score (nSPS) is 41.5. The molecule has 6 saturated heterocycles. The number of hydrogen-bond donors (Lipinski definition) is 8. The highest BCUT2D eigenvalue weighted by molar-refractivity contribution is 7.90. The topological polar surface area (TPSA) is 479 Å². The van der Waals surface area contributed by atoms with Crippen molar-refractivity contribution in [1.82, 2.24) is 0 Å². The van der Waals surface area contributed by atoms with Crippen molar-refractivity contribution in [3.63, 3.8) is 0 Å². The molecule has 6 heterocycles. The first-order chi connectivity index (χ1) is 40.8. The van der Waals surface area contributed by atoms with Gasteiger partial charge in [-0.2, -0.15) is 8.42 Å². The minimum Gasteiger partial charge on any atom is -0.479 e. The molecule has 43 heteroatoms. The molecular weight excluding hydrogens is 1260 g/mol. The van der Waals surface area contributed by atoms with Gasteiger partial charge in [0.2, 0.25) is 5.60 Å². The molecular formula is C42H70O39S4. The monoisotopic (exact) mass is 1330 g/mol. The number of carbonyl (C=O) groups is 2. The Morgan fingerprint density at radius 1 is 0.541 bits per heavy atom. The number of rotatable bonds is 36. The molecule has 1 saturated carbocycles. The summed E-state index contributed by atoms with van der Waals surface area (Å²) in [6.07, 6.45) is -33.7. The van der Waals surface area contributed by atoms with Crippen LogP contribution in [0.2, 0.25) is 0 Å². The van der Waals surface area contributed by atoms with E-state index < -0.39 is 207 Å². The van der Waals surface area contributed by atoms with Crippen LogP contribution in [-0.2, 0) is 145 Å². The van der Waals surface area contributed by atoms with E-state index in [1.54, 1.807) is 0 Å². The molecule has 7 aliphatic rings. The fourth-order valence-electron chi connectivity index (χ4n) is 11.3. The highest BCUT2D eigenvalue weighted by Crippen LogP contribution is 2.47. The molecule has 0 aromatic carbocycles. The van der Waals surface area contributed by atoms with Gasteiger partial charge in [-0.3, -0.25) is 17.1 Å². The predicted octanol–water partition coefficient (Wildman–Crippen LogP) is -1.80. The first kappa shape index (κ1) is 72.7. The first-order valence-corrected chi connectivity index (χ1v) is 28.5. The molecule has 0 spiro atoms. The minimum atomic E-state index is -4.96. The minimum absolute atomic E-state index is 0.0848. The van der Waals surface area contributed by atoms with Crippen LogP contribution in [0.15, 0.2) is 0 Å². The van der Waals surface area contributed by atoms with Crippen LogP contribution in [0.3, 0.4) is 0 Å². The highest BCUT2D eigenvalue weighted by Gasteiger charge is 2.69. The van der Waals surface area contributed by atoms with E-state index in [0.717, 1.165) is 7.11 Å². The summed E-state index contributed by atoms with van der Waals surface area (Å²) in [4.78, 5) is 27.5. The van der Waals surface area contributed by atoms with Crippen LogP contribution in [0.1, 0.15) is 19.8 Å². The Kier molecular flexibility index (Phi) is 28.9. The van der Waals surface area contributed by atoms with Crippen LogP contribution >= 0.6 is 37.0 Å². The van der Waals surface area contributed by atoms with Gasteiger partial charge in [0.25, 0.3) is 0 Å². The Hall–Kier alpha value is -1.38. The fourth-order valence-corrected chi connectivity index (χ4v) is 12.7. The maximum atomic E-state index is 13.8. The van der Waals surface area contributed by atoms with Crippen molar-refractivity contribution < 1.29 is 184 Å². The summed E-state index contributed by atoms with van der Waals surface area (Å²) < 4.78 is 171.